The van der Waals surface area contributed by atoms with E-state index in [0.717, 1.165) is 16.6 Å². The van der Waals surface area contributed by atoms with E-state index in [1.54, 1.807) is 0 Å². The molecule has 72 valence electrons. The lowest BCUT2D eigenvalue weighted by molar-refractivity contribution is 0.0939. The molecule has 1 aromatic carbocycles. The van der Waals surface area contributed by atoms with Gasteiger partial charge in [-0.2, -0.15) is 0 Å². The van der Waals surface area contributed by atoms with E-state index >= 15 is 0 Å². The highest BCUT2D eigenvalue weighted by atomic mass is 32.1. The Balaban J connectivity index is 2.98. The van der Waals surface area contributed by atoms with Crippen molar-refractivity contribution in [3.8, 4) is 0 Å². The molecule has 1 aromatic heterocycles. The third-order valence-electron chi connectivity index (χ3n) is 2.24. The Morgan fingerprint density at radius 3 is 2.86 bits per heavy atom. The van der Waals surface area contributed by atoms with Crippen molar-refractivity contribution in [3.05, 3.63) is 28.5 Å². The molecule has 14 heavy (non-hydrogen) atoms. The van der Waals surface area contributed by atoms with E-state index in [1.807, 2.05) is 25.1 Å². The molecule has 0 atom stereocenters. The van der Waals surface area contributed by atoms with E-state index in [-0.39, 0.29) is 5.91 Å². The largest absolute Gasteiger partial charge is 0.330 e. The minimum Gasteiger partial charge on any atom is -0.330 e. The SMILES string of the molecule is CC(=O)n1c(=S)[nH]c2c(C)cccc21. The van der Waals surface area contributed by atoms with E-state index in [2.05, 4.69) is 4.98 Å². The van der Waals surface area contributed by atoms with Gasteiger partial charge in [0.25, 0.3) is 0 Å². The number of carbonyl (C=O) groups excluding carboxylic acids is 1. The molecule has 0 saturated carbocycles. The fourth-order valence-electron chi connectivity index (χ4n) is 1.59. The molecule has 0 fully saturated rings. The molecule has 0 saturated heterocycles. The smallest absolute Gasteiger partial charge is 0.230 e. The van der Waals surface area contributed by atoms with Gasteiger partial charge in [0.05, 0.1) is 11.0 Å². The topological polar surface area (TPSA) is 37.8 Å². The fraction of sp³-hybridized carbons (Fsp3) is 0.200. The molecule has 0 spiro atoms. The predicted octanol–water partition coefficient (Wildman–Crippen LogP) is 2.67. The molecular weight excluding hydrogens is 196 g/mol. The number of nitrogens with one attached hydrogen (secondary N) is 1. The number of H-pyrrole nitrogens is 1. The molecule has 0 bridgehead atoms. The number of imidazole rings is 1. The van der Waals surface area contributed by atoms with Gasteiger partial charge in [0, 0.05) is 6.92 Å². The van der Waals surface area contributed by atoms with E-state index < -0.39 is 0 Å². The summed E-state index contributed by atoms with van der Waals surface area (Å²) in [7, 11) is 0. The molecule has 3 nitrogen and oxygen atoms in total. The normalized spacial score (nSPS) is 10.7. The van der Waals surface area contributed by atoms with Gasteiger partial charge in [0.1, 0.15) is 0 Å². The number of aromatic nitrogens is 2. The summed E-state index contributed by atoms with van der Waals surface area (Å²) in [6.07, 6.45) is 0. The Morgan fingerprint density at radius 2 is 2.21 bits per heavy atom. The van der Waals surface area contributed by atoms with Crippen molar-refractivity contribution in [1.29, 1.82) is 0 Å². The lowest BCUT2D eigenvalue weighted by atomic mass is 10.2. The summed E-state index contributed by atoms with van der Waals surface area (Å²) in [6, 6.07) is 5.79. The Morgan fingerprint density at radius 1 is 1.50 bits per heavy atom. The molecule has 0 amide bonds. The molecule has 0 aliphatic carbocycles. The van der Waals surface area contributed by atoms with Crippen molar-refractivity contribution < 1.29 is 4.79 Å². The van der Waals surface area contributed by atoms with Crippen molar-refractivity contribution in [2.75, 3.05) is 0 Å². The van der Waals surface area contributed by atoms with Crippen LogP contribution in [0.15, 0.2) is 18.2 Å². The summed E-state index contributed by atoms with van der Waals surface area (Å²) in [4.78, 5) is 14.4. The number of aromatic amines is 1. The van der Waals surface area contributed by atoms with Crippen LogP contribution in [-0.4, -0.2) is 15.5 Å². The van der Waals surface area contributed by atoms with Crippen LogP contribution in [0.4, 0.5) is 0 Å². The average Bonchev–Trinajstić information content (AvgIpc) is 2.42. The Bertz CT molecular complexity index is 565. The number of para-hydroxylation sites is 1. The molecule has 1 heterocycles. The molecule has 1 N–H and O–H groups in total. The molecular formula is C10H10N2OS. The molecule has 0 unspecified atom stereocenters. The van der Waals surface area contributed by atoms with Crippen molar-refractivity contribution in [3.63, 3.8) is 0 Å². The number of fused-ring (bicyclic) bond motifs is 1. The zero-order valence-corrected chi connectivity index (χ0v) is 8.81. The molecule has 4 heteroatoms. The van der Waals surface area contributed by atoms with Gasteiger partial charge in [0.15, 0.2) is 4.77 Å². The third-order valence-corrected chi connectivity index (χ3v) is 2.53. The number of carbonyl (C=O) groups is 1. The third kappa shape index (κ3) is 1.19. The minimum atomic E-state index is -0.0631. The molecule has 0 radical (unpaired) electrons. The second kappa shape index (κ2) is 3.06. The summed E-state index contributed by atoms with van der Waals surface area (Å²) in [5, 5.41) is 0. The number of nitrogens with zero attached hydrogens (tertiary/aromatic N) is 1. The maximum absolute atomic E-state index is 11.3. The van der Waals surface area contributed by atoms with Crippen LogP contribution in [0.1, 0.15) is 17.3 Å². The molecule has 2 rings (SSSR count). The van der Waals surface area contributed by atoms with Crippen LogP contribution in [0.2, 0.25) is 0 Å². The first kappa shape index (κ1) is 9.15. The Labute approximate surface area is 86.4 Å². The predicted molar refractivity (Wildman–Crippen MR) is 58.2 cm³/mol. The standard InChI is InChI=1S/C10H10N2OS/c1-6-4-3-5-8-9(6)11-10(14)12(8)7(2)13/h3-5H,1-2H3,(H,11,14). The van der Waals surface area contributed by atoms with Crippen molar-refractivity contribution in [2.45, 2.75) is 13.8 Å². The van der Waals surface area contributed by atoms with Gasteiger partial charge in [-0.25, -0.2) is 0 Å². The van der Waals surface area contributed by atoms with Gasteiger partial charge in [-0.1, -0.05) is 12.1 Å². The lowest BCUT2D eigenvalue weighted by Crippen LogP contribution is -2.04. The zero-order chi connectivity index (χ0) is 10.3. The average molecular weight is 206 g/mol. The molecule has 0 aliphatic rings. The quantitative estimate of drug-likeness (QED) is 0.673. The first-order valence-electron chi connectivity index (χ1n) is 4.32. The van der Waals surface area contributed by atoms with Crippen LogP contribution >= 0.6 is 12.2 Å². The van der Waals surface area contributed by atoms with Crippen LogP contribution in [0.25, 0.3) is 11.0 Å². The molecule has 0 aliphatic heterocycles. The van der Waals surface area contributed by atoms with Crippen LogP contribution in [0.3, 0.4) is 0 Å². The zero-order valence-electron chi connectivity index (χ0n) is 8.00. The summed E-state index contributed by atoms with van der Waals surface area (Å²) in [5.41, 5.74) is 2.88. The first-order chi connectivity index (χ1) is 6.61. The van der Waals surface area contributed by atoms with Crippen LogP contribution in [0.5, 0.6) is 0 Å². The summed E-state index contributed by atoms with van der Waals surface area (Å²) in [5.74, 6) is -0.0631. The van der Waals surface area contributed by atoms with Gasteiger partial charge >= 0.3 is 0 Å². The second-order valence-electron chi connectivity index (χ2n) is 3.25. The van der Waals surface area contributed by atoms with E-state index in [0.29, 0.717) is 4.77 Å². The summed E-state index contributed by atoms with van der Waals surface area (Å²) < 4.78 is 1.97. The van der Waals surface area contributed by atoms with Crippen LogP contribution in [-0.2, 0) is 0 Å². The molecule has 2 aromatic rings. The highest BCUT2D eigenvalue weighted by molar-refractivity contribution is 7.71. The van der Waals surface area contributed by atoms with E-state index in [4.69, 9.17) is 12.2 Å². The van der Waals surface area contributed by atoms with Gasteiger partial charge in [-0.3, -0.25) is 9.36 Å². The Kier molecular flexibility index (Phi) is 2.00. The highest BCUT2D eigenvalue weighted by Gasteiger charge is 2.08. The number of benzene rings is 1. The minimum absolute atomic E-state index is 0.0631. The van der Waals surface area contributed by atoms with Gasteiger partial charge < -0.3 is 4.98 Å². The number of aryl methyl sites for hydroxylation is 1. The maximum Gasteiger partial charge on any atom is 0.230 e. The first-order valence-corrected chi connectivity index (χ1v) is 4.73. The highest BCUT2D eigenvalue weighted by Crippen LogP contribution is 2.17. The van der Waals surface area contributed by atoms with Gasteiger partial charge in [-0.15, -0.1) is 0 Å². The lowest BCUT2D eigenvalue weighted by Gasteiger charge is -1.98. The summed E-state index contributed by atoms with van der Waals surface area (Å²) in [6.45, 7) is 3.49. The monoisotopic (exact) mass is 206 g/mol. The fourth-order valence-corrected chi connectivity index (χ4v) is 1.92. The Hall–Kier alpha value is -1.42. The second-order valence-corrected chi connectivity index (χ2v) is 3.64. The van der Waals surface area contributed by atoms with Crippen molar-refractivity contribution in [2.24, 2.45) is 0 Å². The van der Waals surface area contributed by atoms with Crippen LogP contribution in [0, 0.1) is 11.7 Å². The van der Waals surface area contributed by atoms with Crippen LogP contribution < -0.4 is 0 Å². The summed E-state index contributed by atoms with van der Waals surface area (Å²) >= 11 is 5.08. The van der Waals surface area contributed by atoms with E-state index in [9.17, 15) is 4.79 Å². The number of hydrogen-bond acceptors (Lipinski definition) is 2. The number of hydrogen-bond donors (Lipinski definition) is 1. The van der Waals surface area contributed by atoms with E-state index in [1.165, 1.54) is 11.5 Å². The van der Waals surface area contributed by atoms with Gasteiger partial charge in [0.2, 0.25) is 5.91 Å². The van der Waals surface area contributed by atoms with Crippen molar-refractivity contribution in [1.82, 2.24) is 9.55 Å². The number of rotatable bonds is 0. The van der Waals surface area contributed by atoms with Gasteiger partial charge in [-0.05, 0) is 30.8 Å². The maximum atomic E-state index is 11.3. The van der Waals surface area contributed by atoms with Crippen molar-refractivity contribution >= 4 is 29.2 Å².